The summed E-state index contributed by atoms with van der Waals surface area (Å²) < 4.78 is 0. The molecule has 0 unspecified atom stereocenters. The standard InChI is InChI=1S/C5H5.3C3H8N.CH3.Hf/c1-2-4-5-3-1;3*1-3-4-2;;/h1-5H;3*3H2,1-2H3;1H3;/q5*-1;. The third-order valence-electron chi connectivity index (χ3n) is 1.50. The fourth-order valence-corrected chi connectivity index (χ4v) is 0.321. The molecule has 0 fully saturated rings. The van der Waals surface area contributed by atoms with Crippen molar-refractivity contribution in [3.8, 4) is 0 Å². The van der Waals surface area contributed by atoms with Crippen molar-refractivity contribution < 1.29 is 25.8 Å². The van der Waals surface area contributed by atoms with E-state index >= 15 is 0 Å². The smallest absolute Gasteiger partial charge is 0 e. The minimum Gasteiger partial charge on any atom is -0.665 e. The number of nitrogens with zero attached hydrogens (tertiary/aromatic N) is 3. The van der Waals surface area contributed by atoms with Gasteiger partial charge in [0.15, 0.2) is 0 Å². The van der Waals surface area contributed by atoms with Gasteiger partial charge in [-0.05, 0) is 0 Å². The Bertz CT molecular complexity index is 124. The molecule has 0 aliphatic rings. The monoisotopic (exact) mass is 434 g/mol. The Kier molecular flexibility index (Phi) is 71.2. The molecule has 0 amide bonds. The van der Waals surface area contributed by atoms with Gasteiger partial charge in [-0.15, -0.1) is 0 Å². The number of rotatable bonds is 3. The van der Waals surface area contributed by atoms with E-state index < -0.39 is 0 Å². The fraction of sp³-hybridized carbons (Fsp3) is 0.600. The van der Waals surface area contributed by atoms with E-state index in [1.54, 1.807) is 21.1 Å². The predicted molar refractivity (Wildman–Crippen MR) is 87.9 cm³/mol. The van der Waals surface area contributed by atoms with Crippen LogP contribution in [0.5, 0.6) is 0 Å². The van der Waals surface area contributed by atoms with Crippen LogP contribution in [0.1, 0.15) is 20.8 Å². The first-order valence-corrected chi connectivity index (χ1v) is 6.08. The van der Waals surface area contributed by atoms with Crippen LogP contribution in [-0.2, 0) is 25.8 Å². The van der Waals surface area contributed by atoms with Gasteiger partial charge in [0.05, 0.1) is 0 Å². The zero-order valence-electron chi connectivity index (χ0n) is 13.8. The fourth-order valence-electron chi connectivity index (χ4n) is 0.321. The number of hydrogen-bond acceptors (Lipinski definition) is 0. The largest absolute Gasteiger partial charge is 0.665 e. The molecule has 1 rings (SSSR count). The summed E-state index contributed by atoms with van der Waals surface area (Å²) in [7, 11) is 5.42. The molecule has 0 N–H and O–H groups in total. The van der Waals surface area contributed by atoms with Crippen molar-refractivity contribution in [1.29, 1.82) is 0 Å². The maximum absolute atomic E-state index is 3.74. The molecule has 0 aromatic heterocycles. The predicted octanol–water partition coefficient (Wildman–Crippen LogP) is 4.88. The molecule has 1 aromatic rings. The Labute approximate surface area is 141 Å². The quantitative estimate of drug-likeness (QED) is 0.482. The molecule has 0 saturated heterocycles. The molecule has 0 bridgehead atoms. The molecular formula is C15H32HfN3-5. The summed E-state index contributed by atoms with van der Waals surface area (Å²) in [4.78, 5) is 0. The van der Waals surface area contributed by atoms with Gasteiger partial charge in [0.25, 0.3) is 0 Å². The van der Waals surface area contributed by atoms with Crippen molar-refractivity contribution in [3.05, 3.63) is 53.7 Å². The second-order valence-electron chi connectivity index (χ2n) is 2.86. The van der Waals surface area contributed by atoms with Crippen LogP contribution < -0.4 is 0 Å². The van der Waals surface area contributed by atoms with Crippen molar-refractivity contribution in [2.75, 3.05) is 40.8 Å². The van der Waals surface area contributed by atoms with Crippen LogP contribution in [0.15, 0.2) is 30.3 Å². The third kappa shape index (κ3) is 71.5. The summed E-state index contributed by atoms with van der Waals surface area (Å²) in [6.07, 6.45) is 0. The Morgan fingerprint density at radius 2 is 0.947 bits per heavy atom. The van der Waals surface area contributed by atoms with Crippen molar-refractivity contribution in [3.63, 3.8) is 0 Å². The minimum atomic E-state index is 0. The van der Waals surface area contributed by atoms with Crippen LogP contribution in [0, 0.1) is 7.43 Å². The average molecular weight is 433 g/mol. The van der Waals surface area contributed by atoms with E-state index in [2.05, 4.69) is 16.0 Å². The molecule has 4 heteroatoms. The molecule has 19 heavy (non-hydrogen) atoms. The van der Waals surface area contributed by atoms with Gasteiger partial charge in [0, 0.05) is 25.8 Å². The van der Waals surface area contributed by atoms with Crippen LogP contribution in [0.25, 0.3) is 16.0 Å². The van der Waals surface area contributed by atoms with Gasteiger partial charge in [0.1, 0.15) is 0 Å². The van der Waals surface area contributed by atoms with Gasteiger partial charge < -0.3 is 23.4 Å². The Hall–Kier alpha value is 0.100. The second-order valence-corrected chi connectivity index (χ2v) is 2.86. The van der Waals surface area contributed by atoms with Crippen LogP contribution in [-0.4, -0.2) is 40.8 Å². The van der Waals surface area contributed by atoms with E-state index in [1.807, 2.05) is 51.1 Å². The van der Waals surface area contributed by atoms with E-state index in [1.165, 1.54) is 0 Å². The second kappa shape index (κ2) is 43.0. The zero-order valence-corrected chi connectivity index (χ0v) is 17.4. The maximum Gasteiger partial charge on any atom is 0 e. The third-order valence-corrected chi connectivity index (χ3v) is 1.50. The van der Waals surface area contributed by atoms with Gasteiger partial charge in [0.2, 0.25) is 0 Å². The zero-order chi connectivity index (χ0) is 13.8. The van der Waals surface area contributed by atoms with Crippen molar-refractivity contribution >= 4 is 0 Å². The van der Waals surface area contributed by atoms with E-state index in [0.29, 0.717) is 0 Å². The summed E-state index contributed by atoms with van der Waals surface area (Å²) in [5.74, 6) is 0. The van der Waals surface area contributed by atoms with Gasteiger partial charge in [-0.1, -0.05) is 20.8 Å². The van der Waals surface area contributed by atoms with Gasteiger partial charge in [-0.2, -0.15) is 59.0 Å². The van der Waals surface area contributed by atoms with Crippen molar-refractivity contribution in [2.45, 2.75) is 20.8 Å². The van der Waals surface area contributed by atoms with Crippen LogP contribution in [0.4, 0.5) is 0 Å². The first-order valence-electron chi connectivity index (χ1n) is 6.08. The molecule has 0 aliphatic heterocycles. The van der Waals surface area contributed by atoms with E-state index in [9.17, 15) is 0 Å². The molecular weight excluding hydrogens is 401 g/mol. The Balaban J connectivity index is -0.0000000447. The summed E-state index contributed by atoms with van der Waals surface area (Å²) in [6.45, 7) is 8.88. The van der Waals surface area contributed by atoms with E-state index in [0.717, 1.165) is 19.6 Å². The maximum atomic E-state index is 3.74. The molecule has 116 valence electrons. The SMILES string of the molecule is CC[N-]C.CC[N-]C.CC[N-]C.[CH3-].[Hf].c1cc[cH-]c1. The summed E-state index contributed by atoms with van der Waals surface area (Å²) in [6, 6.07) is 10.0. The molecule has 3 nitrogen and oxygen atoms in total. The molecule has 0 saturated carbocycles. The normalized spacial score (nSPS) is 6.84. The average Bonchev–Trinajstić information content (AvgIpc) is 2.98. The molecule has 0 radical (unpaired) electrons. The van der Waals surface area contributed by atoms with Gasteiger partial charge in [-0.25, -0.2) is 12.1 Å². The van der Waals surface area contributed by atoms with Crippen molar-refractivity contribution in [2.24, 2.45) is 0 Å². The first kappa shape index (κ1) is 31.5. The molecule has 1 aromatic carbocycles. The minimum absolute atomic E-state index is 0. The van der Waals surface area contributed by atoms with E-state index in [-0.39, 0.29) is 33.3 Å². The number of hydrogen-bond donors (Lipinski definition) is 0. The van der Waals surface area contributed by atoms with Crippen LogP contribution >= 0.6 is 0 Å². The topological polar surface area (TPSA) is 42.3 Å². The molecule has 0 heterocycles. The first-order chi connectivity index (χ1) is 8.24. The molecule has 0 spiro atoms. The van der Waals surface area contributed by atoms with Crippen LogP contribution in [0.2, 0.25) is 0 Å². The Morgan fingerprint density at radius 1 is 0.737 bits per heavy atom. The Morgan fingerprint density at radius 3 is 1.00 bits per heavy atom. The summed E-state index contributed by atoms with van der Waals surface area (Å²) in [5.41, 5.74) is 0. The van der Waals surface area contributed by atoms with Gasteiger partial charge >= 0.3 is 0 Å². The molecule has 0 aliphatic carbocycles. The van der Waals surface area contributed by atoms with Crippen LogP contribution in [0.3, 0.4) is 0 Å². The van der Waals surface area contributed by atoms with Gasteiger partial charge in [-0.3, -0.25) is 0 Å². The summed E-state index contributed by atoms with van der Waals surface area (Å²) >= 11 is 0. The summed E-state index contributed by atoms with van der Waals surface area (Å²) in [5, 5.41) is 11.2. The van der Waals surface area contributed by atoms with E-state index in [4.69, 9.17) is 0 Å². The van der Waals surface area contributed by atoms with Crippen molar-refractivity contribution in [1.82, 2.24) is 0 Å². The molecule has 0 atom stereocenters.